The van der Waals surface area contributed by atoms with E-state index in [4.69, 9.17) is 16.3 Å². The molecule has 0 fully saturated rings. The number of hydrogen-bond donors (Lipinski definition) is 2. The summed E-state index contributed by atoms with van der Waals surface area (Å²) >= 11 is 6.99. The maximum Gasteiger partial charge on any atom is 0.296 e. The van der Waals surface area contributed by atoms with Gasteiger partial charge in [0.05, 0.1) is 30.1 Å². The largest absolute Gasteiger partial charge is 0.464 e. The Hall–Kier alpha value is -3.01. The lowest BCUT2D eigenvalue weighted by Crippen LogP contribution is -2.34. The number of aliphatic hydroxyl groups is 1. The molecule has 3 rings (SSSR count). The van der Waals surface area contributed by atoms with Crippen LogP contribution >= 0.6 is 22.9 Å². The van der Waals surface area contributed by atoms with Gasteiger partial charge in [-0.1, -0.05) is 34.9 Å². The average Bonchev–Trinajstić information content (AvgIpc) is 3.21. The standard InChI is InChI=1S/C20H20ClN5O3S/c1-3-15(11-27)26(2)17-10-22-9-8-16(17)18(28)23-19-24-25-20(30-19)29-12-13-4-6-14(21)7-5-13/h3-10,15,27H,1,11-12H2,2H3,(H,23,24,28). The highest BCUT2D eigenvalue weighted by molar-refractivity contribution is 7.17. The van der Waals surface area contributed by atoms with Crippen LogP contribution < -0.4 is 15.0 Å². The first-order valence-corrected chi connectivity index (χ1v) is 10.1. The SMILES string of the molecule is C=CC(CO)N(C)c1cnccc1C(=O)Nc1nnc(OCc2ccc(Cl)cc2)s1. The molecular formula is C20H20ClN5O3S. The van der Waals surface area contributed by atoms with Crippen molar-refractivity contribution in [3.63, 3.8) is 0 Å². The minimum atomic E-state index is -0.375. The summed E-state index contributed by atoms with van der Waals surface area (Å²) in [5, 5.41) is 21.4. The molecule has 10 heteroatoms. The highest BCUT2D eigenvalue weighted by atomic mass is 35.5. The topological polar surface area (TPSA) is 100 Å². The van der Waals surface area contributed by atoms with Gasteiger partial charge >= 0.3 is 0 Å². The highest BCUT2D eigenvalue weighted by Crippen LogP contribution is 2.26. The van der Waals surface area contributed by atoms with Gasteiger partial charge in [0.2, 0.25) is 5.13 Å². The fraction of sp³-hybridized carbons (Fsp3) is 0.200. The van der Waals surface area contributed by atoms with Crippen molar-refractivity contribution in [1.82, 2.24) is 15.2 Å². The normalized spacial score (nSPS) is 11.6. The van der Waals surface area contributed by atoms with Crippen molar-refractivity contribution in [3.05, 3.63) is 71.5 Å². The molecule has 8 nitrogen and oxygen atoms in total. The van der Waals surface area contributed by atoms with Crippen LogP contribution in [0.25, 0.3) is 0 Å². The highest BCUT2D eigenvalue weighted by Gasteiger charge is 2.20. The van der Waals surface area contributed by atoms with Gasteiger partial charge in [-0.25, -0.2) is 0 Å². The number of nitrogens with zero attached hydrogens (tertiary/aromatic N) is 4. The Kier molecular flexibility index (Phi) is 7.34. The molecule has 1 atom stereocenters. The lowest BCUT2D eigenvalue weighted by atomic mass is 10.1. The number of rotatable bonds is 9. The first-order chi connectivity index (χ1) is 14.5. The third kappa shape index (κ3) is 5.32. The van der Waals surface area contributed by atoms with Crippen LogP contribution in [0.5, 0.6) is 5.19 Å². The van der Waals surface area contributed by atoms with E-state index in [1.165, 1.54) is 6.20 Å². The molecule has 2 aromatic heterocycles. The lowest BCUT2D eigenvalue weighted by molar-refractivity contribution is 0.102. The number of aromatic nitrogens is 3. The monoisotopic (exact) mass is 445 g/mol. The Morgan fingerprint density at radius 2 is 2.13 bits per heavy atom. The van der Waals surface area contributed by atoms with Crippen molar-refractivity contribution < 1.29 is 14.6 Å². The molecule has 0 saturated heterocycles. The molecule has 0 radical (unpaired) electrons. The van der Waals surface area contributed by atoms with E-state index < -0.39 is 0 Å². The predicted molar refractivity (Wildman–Crippen MR) is 117 cm³/mol. The number of anilines is 2. The van der Waals surface area contributed by atoms with E-state index >= 15 is 0 Å². The Morgan fingerprint density at radius 3 is 2.83 bits per heavy atom. The number of aliphatic hydroxyl groups excluding tert-OH is 1. The van der Waals surface area contributed by atoms with Gasteiger partial charge in [-0.05, 0) is 35.1 Å². The van der Waals surface area contributed by atoms with Gasteiger partial charge in [0.15, 0.2) is 0 Å². The second-order valence-electron chi connectivity index (χ2n) is 6.23. The van der Waals surface area contributed by atoms with Gasteiger partial charge < -0.3 is 14.7 Å². The maximum absolute atomic E-state index is 12.8. The number of halogens is 1. The van der Waals surface area contributed by atoms with Crippen LogP contribution in [0, 0.1) is 0 Å². The minimum absolute atomic E-state index is 0.138. The van der Waals surface area contributed by atoms with E-state index in [9.17, 15) is 9.90 Å². The molecule has 0 bridgehead atoms. The average molecular weight is 446 g/mol. The van der Waals surface area contributed by atoms with E-state index in [1.807, 2.05) is 12.1 Å². The number of pyridine rings is 1. The summed E-state index contributed by atoms with van der Waals surface area (Å²) in [6.45, 7) is 3.88. The maximum atomic E-state index is 12.8. The van der Waals surface area contributed by atoms with Crippen molar-refractivity contribution >= 4 is 39.7 Å². The number of hydrogen-bond acceptors (Lipinski definition) is 8. The van der Waals surface area contributed by atoms with Crippen LogP contribution in [-0.4, -0.2) is 45.9 Å². The number of carbonyl (C=O) groups is 1. The molecule has 1 unspecified atom stereocenters. The zero-order chi connectivity index (χ0) is 21.5. The van der Waals surface area contributed by atoms with E-state index in [0.717, 1.165) is 16.9 Å². The van der Waals surface area contributed by atoms with E-state index in [2.05, 4.69) is 27.1 Å². The molecule has 0 aliphatic rings. The third-order valence-corrected chi connectivity index (χ3v) is 5.29. The number of likely N-dealkylation sites (N-methyl/N-ethyl adjacent to an activating group) is 1. The minimum Gasteiger partial charge on any atom is -0.464 e. The quantitative estimate of drug-likeness (QED) is 0.487. The summed E-state index contributed by atoms with van der Waals surface area (Å²) in [6, 6.07) is 8.52. The second-order valence-corrected chi connectivity index (χ2v) is 7.61. The van der Waals surface area contributed by atoms with Gasteiger partial charge in [0, 0.05) is 18.3 Å². The lowest BCUT2D eigenvalue weighted by Gasteiger charge is -2.27. The molecule has 0 aliphatic carbocycles. The molecule has 2 N–H and O–H groups in total. The summed E-state index contributed by atoms with van der Waals surface area (Å²) < 4.78 is 5.62. The fourth-order valence-corrected chi connectivity index (χ4v) is 3.32. The van der Waals surface area contributed by atoms with Crippen LogP contribution in [-0.2, 0) is 6.61 Å². The first kappa shape index (κ1) is 21.7. The van der Waals surface area contributed by atoms with Crippen LogP contribution in [0.4, 0.5) is 10.8 Å². The molecule has 156 valence electrons. The molecule has 30 heavy (non-hydrogen) atoms. The summed E-state index contributed by atoms with van der Waals surface area (Å²) in [5.74, 6) is -0.375. The zero-order valence-corrected chi connectivity index (χ0v) is 17.7. The number of ether oxygens (including phenoxy) is 1. The smallest absolute Gasteiger partial charge is 0.296 e. The van der Waals surface area contributed by atoms with Gasteiger partial charge in [-0.2, -0.15) is 0 Å². The van der Waals surface area contributed by atoms with Gasteiger partial charge in [0.1, 0.15) is 6.61 Å². The molecular weight excluding hydrogens is 426 g/mol. The Morgan fingerprint density at radius 1 is 1.37 bits per heavy atom. The van der Waals surface area contributed by atoms with Crippen molar-refractivity contribution in [2.24, 2.45) is 0 Å². The van der Waals surface area contributed by atoms with Crippen molar-refractivity contribution in [2.75, 3.05) is 23.9 Å². The van der Waals surface area contributed by atoms with Crippen LogP contribution in [0.1, 0.15) is 15.9 Å². The van der Waals surface area contributed by atoms with Gasteiger partial charge in [-0.3, -0.25) is 15.1 Å². The molecule has 1 aromatic carbocycles. The van der Waals surface area contributed by atoms with Crippen molar-refractivity contribution in [1.29, 1.82) is 0 Å². The molecule has 2 heterocycles. The molecule has 0 saturated carbocycles. The zero-order valence-electron chi connectivity index (χ0n) is 16.2. The molecule has 0 aliphatic heterocycles. The Bertz CT molecular complexity index is 1010. The predicted octanol–water partition coefficient (Wildman–Crippen LogP) is 3.40. The number of amides is 1. The number of benzene rings is 1. The molecule has 0 spiro atoms. The number of carbonyl (C=O) groups excluding carboxylic acids is 1. The summed E-state index contributed by atoms with van der Waals surface area (Å²) in [6.07, 6.45) is 4.68. The summed E-state index contributed by atoms with van der Waals surface area (Å²) in [5.41, 5.74) is 1.87. The first-order valence-electron chi connectivity index (χ1n) is 8.94. The van der Waals surface area contributed by atoms with E-state index in [0.29, 0.717) is 33.2 Å². The fourth-order valence-electron chi connectivity index (χ4n) is 2.60. The van der Waals surface area contributed by atoms with E-state index in [1.54, 1.807) is 42.4 Å². The van der Waals surface area contributed by atoms with Gasteiger partial charge in [-0.15, -0.1) is 11.7 Å². The Labute approximate surface area is 182 Å². The second kappa shape index (κ2) is 10.1. The van der Waals surface area contributed by atoms with E-state index in [-0.39, 0.29) is 18.6 Å². The van der Waals surface area contributed by atoms with Crippen molar-refractivity contribution in [2.45, 2.75) is 12.6 Å². The summed E-state index contributed by atoms with van der Waals surface area (Å²) in [7, 11) is 1.75. The van der Waals surface area contributed by atoms with Crippen LogP contribution in [0.3, 0.4) is 0 Å². The third-order valence-electron chi connectivity index (χ3n) is 4.28. The molecule has 1 amide bonds. The van der Waals surface area contributed by atoms with Crippen LogP contribution in [0.15, 0.2) is 55.4 Å². The summed E-state index contributed by atoms with van der Waals surface area (Å²) in [4.78, 5) is 18.6. The van der Waals surface area contributed by atoms with Gasteiger partial charge in [0.25, 0.3) is 11.1 Å². The Balaban J connectivity index is 1.67. The van der Waals surface area contributed by atoms with Crippen LogP contribution in [0.2, 0.25) is 5.02 Å². The molecule has 3 aromatic rings. The van der Waals surface area contributed by atoms with Crippen molar-refractivity contribution in [3.8, 4) is 5.19 Å². The number of nitrogens with one attached hydrogen (secondary N) is 1.